The third kappa shape index (κ3) is 6.09. The van der Waals surface area contributed by atoms with Crippen molar-refractivity contribution in [1.82, 2.24) is 25.4 Å². The number of hydrogen-bond donors (Lipinski definition) is 2. The van der Waals surface area contributed by atoms with Crippen molar-refractivity contribution in [2.45, 2.75) is 32.4 Å². The summed E-state index contributed by atoms with van der Waals surface area (Å²) in [6.45, 7) is 7.49. The van der Waals surface area contributed by atoms with Crippen LogP contribution in [0.15, 0.2) is 17.6 Å². The van der Waals surface area contributed by atoms with Crippen LogP contribution in [0, 0.1) is 12.8 Å². The number of halogens is 1. The molecule has 1 aromatic heterocycles. The van der Waals surface area contributed by atoms with Crippen LogP contribution in [-0.4, -0.2) is 47.0 Å². The van der Waals surface area contributed by atoms with Gasteiger partial charge in [-0.25, -0.2) is 4.99 Å². The maximum absolute atomic E-state index is 5.30. The second kappa shape index (κ2) is 9.86. The van der Waals surface area contributed by atoms with Gasteiger partial charge in [0.1, 0.15) is 12.4 Å². The molecule has 0 bridgehead atoms. The number of guanidine groups is 1. The molecular weight excluding hydrogens is 407 g/mol. The van der Waals surface area contributed by atoms with E-state index in [-0.39, 0.29) is 24.0 Å². The number of methoxy groups -OCH3 is 1. The predicted molar refractivity (Wildman–Crippen MR) is 102 cm³/mol. The molecule has 1 fully saturated rings. The van der Waals surface area contributed by atoms with E-state index in [4.69, 9.17) is 4.74 Å². The summed E-state index contributed by atoms with van der Waals surface area (Å²) in [5.74, 6) is 3.16. The van der Waals surface area contributed by atoms with Crippen LogP contribution >= 0.6 is 24.0 Å². The van der Waals surface area contributed by atoms with E-state index in [1.807, 2.05) is 24.6 Å². The minimum absolute atomic E-state index is 0. The molecule has 1 saturated carbocycles. The quantitative estimate of drug-likeness (QED) is 0.280. The van der Waals surface area contributed by atoms with Gasteiger partial charge in [-0.3, -0.25) is 0 Å². The van der Waals surface area contributed by atoms with Gasteiger partial charge in [-0.05, 0) is 25.7 Å². The van der Waals surface area contributed by atoms with E-state index in [1.165, 1.54) is 12.8 Å². The van der Waals surface area contributed by atoms with Crippen molar-refractivity contribution in [3.05, 3.63) is 24.3 Å². The Morgan fingerprint density at radius 1 is 1.52 bits per heavy atom. The second-order valence-corrected chi connectivity index (χ2v) is 5.60. The average Bonchev–Trinajstić information content (AvgIpc) is 3.30. The van der Waals surface area contributed by atoms with E-state index in [0.29, 0.717) is 31.7 Å². The number of aryl methyl sites for hydroxylation is 1. The fourth-order valence-corrected chi connectivity index (χ4v) is 2.21. The van der Waals surface area contributed by atoms with Crippen LogP contribution in [0.1, 0.15) is 24.5 Å². The Balaban J connectivity index is 0.00000264. The Kier molecular flexibility index (Phi) is 8.53. The zero-order valence-corrected chi connectivity index (χ0v) is 16.4. The van der Waals surface area contributed by atoms with Gasteiger partial charge in [-0.2, -0.15) is 0 Å². The van der Waals surface area contributed by atoms with Crippen LogP contribution in [0.3, 0.4) is 0 Å². The lowest BCUT2D eigenvalue weighted by Gasteiger charge is -2.20. The van der Waals surface area contributed by atoms with Gasteiger partial charge < -0.3 is 19.9 Å². The van der Waals surface area contributed by atoms with Crippen molar-refractivity contribution < 1.29 is 4.74 Å². The first-order chi connectivity index (χ1) is 10.7. The standard InChI is InChI=1S/C15H26N6O.HI/c1-5-8-16-15(18-13(10-22-4)12-6-7-12)17-9-14-20-19-11(2)21(14)3;/h5,12-13H,1,6-10H2,2-4H3,(H2,16,17,18);1H. The van der Waals surface area contributed by atoms with Crippen LogP contribution in [-0.2, 0) is 18.3 Å². The van der Waals surface area contributed by atoms with Gasteiger partial charge in [0.2, 0.25) is 0 Å². The van der Waals surface area contributed by atoms with E-state index in [1.54, 1.807) is 7.11 Å². The van der Waals surface area contributed by atoms with E-state index < -0.39 is 0 Å². The Morgan fingerprint density at radius 2 is 2.26 bits per heavy atom. The number of nitrogens with one attached hydrogen (secondary N) is 2. The SMILES string of the molecule is C=CCNC(=NCc1nnc(C)n1C)NC(COC)C1CC1.I. The van der Waals surface area contributed by atoms with Crippen LogP contribution in [0.25, 0.3) is 0 Å². The third-order valence-corrected chi connectivity index (χ3v) is 3.83. The van der Waals surface area contributed by atoms with Crippen molar-refractivity contribution in [1.29, 1.82) is 0 Å². The van der Waals surface area contributed by atoms with E-state index in [2.05, 4.69) is 32.4 Å². The third-order valence-electron chi connectivity index (χ3n) is 3.83. The number of ether oxygens (including phenoxy) is 1. The zero-order chi connectivity index (χ0) is 15.9. The van der Waals surface area contributed by atoms with E-state index in [9.17, 15) is 0 Å². The van der Waals surface area contributed by atoms with Gasteiger partial charge in [-0.15, -0.1) is 40.8 Å². The van der Waals surface area contributed by atoms with Crippen LogP contribution in [0.4, 0.5) is 0 Å². The minimum Gasteiger partial charge on any atom is -0.383 e. The van der Waals surface area contributed by atoms with Gasteiger partial charge in [0.25, 0.3) is 0 Å². The predicted octanol–water partition coefficient (Wildman–Crippen LogP) is 1.39. The summed E-state index contributed by atoms with van der Waals surface area (Å²) in [6.07, 6.45) is 4.31. The normalized spacial score (nSPS) is 15.7. The fraction of sp³-hybridized carbons (Fsp3) is 0.667. The summed E-state index contributed by atoms with van der Waals surface area (Å²) >= 11 is 0. The van der Waals surface area contributed by atoms with E-state index in [0.717, 1.165) is 17.6 Å². The maximum atomic E-state index is 5.30. The minimum atomic E-state index is 0. The molecule has 1 aliphatic carbocycles. The van der Waals surface area contributed by atoms with Gasteiger partial charge in [0.05, 0.1) is 12.6 Å². The molecule has 0 aliphatic heterocycles. The highest BCUT2D eigenvalue weighted by Gasteiger charge is 2.31. The molecule has 1 aromatic rings. The molecule has 130 valence electrons. The van der Waals surface area contributed by atoms with Crippen LogP contribution in [0.2, 0.25) is 0 Å². The number of nitrogens with zero attached hydrogens (tertiary/aromatic N) is 4. The fourth-order valence-electron chi connectivity index (χ4n) is 2.21. The second-order valence-electron chi connectivity index (χ2n) is 5.60. The lowest BCUT2D eigenvalue weighted by atomic mass is 10.2. The first-order valence-electron chi connectivity index (χ1n) is 7.65. The highest BCUT2D eigenvalue weighted by Crippen LogP contribution is 2.32. The molecule has 1 aliphatic rings. The molecule has 2 rings (SSSR count). The molecule has 1 heterocycles. The number of hydrogen-bond acceptors (Lipinski definition) is 4. The summed E-state index contributed by atoms with van der Waals surface area (Å²) in [7, 11) is 3.68. The highest BCUT2D eigenvalue weighted by molar-refractivity contribution is 14.0. The number of aliphatic imine (C=N–C) groups is 1. The van der Waals surface area contributed by atoms with Crippen LogP contribution in [0.5, 0.6) is 0 Å². The summed E-state index contributed by atoms with van der Waals surface area (Å²) in [6, 6.07) is 0.294. The van der Waals surface area contributed by atoms with Gasteiger partial charge in [0.15, 0.2) is 11.8 Å². The molecular formula is C15H27IN6O. The first kappa shape index (κ1) is 19.9. The summed E-state index contributed by atoms with van der Waals surface area (Å²) < 4.78 is 7.25. The number of rotatable bonds is 8. The molecule has 1 unspecified atom stereocenters. The summed E-state index contributed by atoms with van der Waals surface area (Å²) in [5.41, 5.74) is 0. The summed E-state index contributed by atoms with van der Waals surface area (Å²) in [4.78, 5) is 4.61. The Bertz CT molecular complexity index is 526. The summed E-state index contributed by atoms with van der Waals surface area (Å²) in [5, 5.41) is 14.9. The Morgan fingerprint density at radius 3 is 2.78 bits per heavy atom. The van der Waals surface area contributed by atoms with E-state index >= 15 is 0 Å². The van der Waals surface area contributed by atoms with Crippen molar-refractivity contribution in [3.8, 4) is 0 Å². The molecule has 2 N–H and O–H groups in total. The molecule has 0 radical (unpaired) electrons. The Hall–Kier alpha value is -1.16. The smallest absolute Gasteiger partial charge is 0.192 e. The maximum Gasteiger partial charge on any atom is 0.192 e. The van der Waals surface area contributed by atoms with Crippen LogP contribution < -0.4 is 10.6 Å². The van der Waals surface area contributed by atoms with Crippen molar-refractivity contribution in [3.63, 3.8) is 0 Å². The molecule has 7 nitrogen and oxygen atoms in total. The largest absolute Gasteiger partial charge is 0.383 e. The molecule has 1 atom stereocenters. The lowest BCUT2D eigenvalue weighted by molar-refractivity contribution is 0.165. The monoisotopic (exact) mass is 434 g/mol. The van der Waals surface area contributed by atoms with Gasteiger partial charge >= 0.3 is 0 Å². The molecule has 0 amide bonds. The molecule has 0 saturated heterocycles. The first-order valence-corrected chi connectivity index (χ1v) is 7.65. The van der Waals surface area contributed by atoms with Gasteiger partial charge in [0, 0.05) is 20.7 Å². The lowest BCUT2D eigenvalue weighted by Crippen LogP contribution is -2.46. The van der Waals surface area contributed by atoms with Crippen molar-refractivity contribution >= 4 is 29.9 Å². The highest BCUT2D eigenvalue weighted by atomic mass is 127. The average molecular weight is 434 g/mol. The number of aromatic nitrogens is 3. The topological polar surface area (TPSA) is 76.4 Å². The Labute approximate surface area is 155 Å². The molecule has 23 heavy (non-hydrogen) atoms. The molecule has 0 spiro atoms. The molecule has 0 aromatic carbocycles. The van der Waals surface area contributed by atoms with Crippen molar-refractivity contribution in [2.24, 2.45) is 18.0 Å². The van der Waals surface area contributed by atoms with Crippen molar-refractivity contribution in [2.75, 3.05) is 20.3 Å². The zero-order valence-electron chi connectivity index (χ0n) is 14.1. The van der Waals surface area contributed by atoms with Gasteiger partial charge in [-0.1, -0.05) is 6.08 Å². The molecule has 8 heteroatoms.